The number of hydrazone groups is 1. The van der Waals surface area contributed by atoms with Crippen LogP contribution in [0.15, 0.2) is 23.3 Å². The zero-order valence-electron chi connectivity index (χ0n) is 11.9. The molecule has 0 atom stereocenters. The summed E-state index contributed by atoms with van der Waals surface area (Å²) in [6.07, 6.45) is 1.05. The summed E-state index contributed by atoms with van der Waals surface area (Å²) < 4.78 is 0. The van der Waals surface area contributed by atoms with Gasteiger partial charge in [-0.1, -0.05) is 6.07 Å². The van der Waals surface area contributed by atoms with Crippen molar-refractivity contribution in [3.63, 3.8) is 0 Å². The van der Waals surface area contributed by atoms with E-state index in [-0.39, 0.29) is 11.8 Å². The van der Waals surface area contributed by atoms with Crippen LogP contribution in [0.5, 0.6) is 0 Å². The number of rotatable bonds is 5. The van der Waals surface area contributed by atoms with Gasteiger partial charge in [0.25, 0.3) is 0 Å². The number of nitrogens with zero attached hydrogens (tertiary/aromatic N) is 1. The van der Waals surface area contributed by atoms with Crippen molar-refractivity contribution in [2.24, 2.45) is 5.10 Å². The Morgan fingerprint density at radius 1 is 1.38 bits per heavy atom. The Morgan fingerprint density at radius 3 is 2.81 bits per heavy atom. The van der Waals surface area contributed by atoms with E-state index < -0.39 is 0 Å². The van der Waals surface area contributed by atoms with Gasteiger partial charge in [0, 0.05) is 32.9 Å². The van der Waals surface area contributed by atoms with E-state index >= 15 is 0 Å². The van der Waals surface area contributed by atoms with Gasteiger partial charge in [0.05, 0.1) is 17.1 Å². The summed E-state index contributed by atoms with van der Waals surface area (Å²) in [5.74, 6) is -0.125. The lowest BCUT2D eigenvalue weighted by atomic mass is 10.0. The van der Waals surface area contributed by atoms with E-state index in [2.05, 4.69) is 21.2 Å². The fourth-order valence-corrected chi connectivity index (χ4v) is 2.02. The van der Waals surface area contributed by atoms with Crippen molar-refractivity contribution in [3.8, 4) is 0 Å². The van der Waals surface area contributed by atoms with Crippen molar-refractivity contribution < 1.29 is 9.59 Å². The van der Waals surface area contributed by atoms with Crippen molar-refractivity contribution in [2.75, 3.05) is 24.1 Å². The number of anilines is 2. The van der Waals surface area contributed by atoms with Gasteiger partial charge in [-0.05, 0) is 17.7 Å². The van der Waals surface area contributed by atoms with Crippen molar-refractivity contribution in [2.45, 2.75) is 19.8 Å². The van der Waals surface area contributed by atoms with Gasteiger partial charge in [0.15, 0.2) is 0 Å². The summed E-state index contributed by atoms with van der Waals surface area (Å²) in [6.45, 7) is 2.61. The van der Waals surface area contributed by atoms with E-state index in [1.165, 1.54) is 6.92 Å². The molecule has 1 heterocycles. The summed E-state index contributed by atoms with van der Waals surface area (Å²) in [7, 11) is 0. The molecule has 7 heteroatoms. The molecule has 0 fully saturated rings. The highest BCUT2D eigenvalue weighted by Gasteiger charge is 2.14. The first-order chi connectivity index (χ1) is 10.1. The maximum atomic E-state index is 11.1. The molecular formula is C14H19N5O2. The lowest BCUT2D eigenvalue weighted by Crippen LogP contribution is -2.26. The molecule has 7 nitrogen and oxygen atoms in total. The minimum Gasteiger partial charge on any atom is -0.397 e. The van der Waals surface area contributed by atoms with Gasteiger partial charge < -0.3 is 16.4 Å². The van der Waals surface area contributed by atoms with E-state index in [1.54, 1.807) is 0 Å². The molecule has 1 aromatic carbocycles. The molecule has 0 saturated heterocycles. The topological polar surface area (TPSA) is 109 Å². The second kappa shape index (κ2) is 6.74. The number of amides is 2. The number of benzene rings is 1. The number of carbonyl (C=O) groups excluding carboxylic acids is 2. The predicted octanol–water partition coefficient (Wildman–Crippen LogP) is 0.431. The van der Waals surface area contributed by atoms with Crippen LogP contribution in [-0.4, -0.2) is 30.6 Å². The standard InChI is InChI=1S/C14H19N5O2/c1-9(20)16-6-7-17-13-3-2-10(8-11(13)15)12-4-5-14(21)19-18-12/h2-3,8,17H,4-7,15H2,1H3,(H,16,20)(H,19,21). The SMILES string of the molecule is CC(=O)NCCNc1ccc(C2=NNC(=O)CC2)cc1N. The smallest absolute Gasteiger partial charge is 0.240 e. The Morgan fingerprint density at radius 2 is 2.19 bits per heavy atom. The lowest BCUT2D eigenvalue weighted by Gasteiger charge is -2.14. The molecule has 1 aromatic rings. The van der Waals surface area contributed by atoms with Crippen molar-refractivity contribution in [1.29, 1.82) is 0 Å². The average molecular weight is 289 g/mol. The Balaban J connectivity index is 1.97. The number of hydrogen-bond acceptors (Lipinski definition) is 5. The summed E-state index contributed by atoms with van der Waals surface area (Å²) in [6, 6.07) is 5.61. The summed E-state index contributed by atoms with van der Waals surface area (Å²) in [5, 5.41) is 9.90. The second-order valence-corrected chi connectivity index (χ2v) is 4.81. The van der Waals surface area contributed by atoms with Gasteiger partial charge in [-0.2, -0.15) is 5.10 Å². The fraction of sp³-hybridized carbons (Fsp3) is 0.357. The Hall–Kier alpha value is -2.57. The number of hydrogen-bond donors (Lipinski definition) is 4. The van der Waals surface area contributed by atoms with Crippen molar-refractivity contribution in [1.82, 2.24) is 10.7 Å². The van der Waals surface area contributed by atoms with E-state index in [9.17, 15) is 9.59 Å². The van der Waals surface area contributed by atoms with Gasteiger partial charge in [0.1, 0.15) is 0 Å². The highest BCUT2D eigenvalue weighted by molar-refractivity contribution is 6.05. The molecule has 21 heavy (non-hydrogen) atoms. The van der Waals surface area contributed by atoms with Crippen LogP contribution in [0, 0.1) is 0 Å². The van der Waals surface area contributed by atoms with Crippen LogP contribution in [0.25, 0.3) is 0 Å². The van der Waals surface area contributed by atoms with E-state index in [0.29, 0.717) is 31.6 Å². The Bertz CT molecular complexity index is 583. The lowest BCUT2D eigenvalue weighted by molar-refractivity contribution is -0.121. The van der Waals surface area contributed by atoms with E-state index in [4.69, 9.17) is 5.73 Å². The molecule has 0 spiro atoms. The highest BCUT2D eigenvalue weighted by atomic mass is 16.2. The molecule has 112 valence electrons. The van der Waals surface area contributed by atoms with Gasteiger partial charge in [-0.15, -0.1) is 0 Å². The van der Waals surface area contributed by atoms with Crippen molar-refractivity contribution in [3.05, 3.63) is 23.8 Å². The monoisotopic (exact) mass is 289 g/mol. The third-order valence-electron chi connectivity index (χ3n) is 3.10. The van der Waals surface area contributed by atoms with Crippen LogP contribution in [0.3, 0.4) is 0 Å². The number of nitrogens with two attached hydrogens (primary N) is 1. The first-order valence-corrected chi connectivity index (χ1v) is 6.80. The highest BCUT2D eigenvalue weighted by Crippen LogP contribution is 2.21. The maximum absolute atomic E-state index is 11.1. The van der Waals surface area contributed by atoms with Crippen LogP contribution in [0.2, 0.25) is 0 Å². The molecule has 0 bridgehead atoms. The van der Waals surface area contributed by atoms with Crippen molar-refractivity contribution >= 4 is 28.9 Å². The van der Waals surface area contributed by atoms with Crippen LogP contribution in [0.1, 0.15) is 25.3 Å². The number of nitrogens with one attached hydrogen (secondary N) is 3. The summed E-state index contributed by atoms with van der Waals surface area (Å²) in [5.41, 5.74) is 11.6. The average Bonchev–Trinajstić information content (AvgIpc) is 2.45. The van der Waals surface area contributed by atoms with E-state index in [0.717, 1.165) is 17.0 Å². The third-order valence-corrected chi connectivity index (χ3v) is 3.10. The van der Waals surface area contributed by atoms with E-state index in [1.807, 2.05) is 18.2 Å². The molecule has 1 aliphatic rings. The minimum absolute atomic E-state index is 0.0579. The van der Waals surface area contributed by atoms with Gasteiger partial charge in [-0.3, -0.25) is 9.59 Å². The van der Waals surface area contributed by atoms with Crippen LogP contribution >= 0.6 is 0 Å². The van der Waals surface area contributed by atoms with Crippen LogP contribution < -0.4 is 21.8 Å². The largest absolute Gasteiger partial charge is 0.397 e. The maximum Gasteiger partial charge on any atom is 0.240 e. The number of carbonyl (C=O) groups is 2. The molecular weight excluding hydrogens is 270 g/mol. The molecule has 0 unspecified atom stereocenters. The zero-order valence-corrected chi connectivity index (χ0v) is 11.9. The Kier molecular flexibility index (Phi) is 4.76. The summed E-state index contributed by atoms with van der Waals surface area (Å²) in [4.78, 5) is 21.8. The molecule has 0 aliphatic carbocycles. The molecule has 0 saturated carbocycles. The summed E-state index contributed by atoms with van der Waals surface area (Å²) >= 11 is 0. The zero-order chi connectivity index (χ0) is 15.2. The van der Waals surface area contributed by atoms with Gasteiger partial charge in [0.2, 0.25) is 11.8 Å². The minimum atomic E-state index is -0.0667. The number of nitrogen functional groups attached to an aromatic ring is 1. The van der Waals surface area contributed by atoms with Crippen LogP contribution in [-0.2, 0) is 9.59 Å². The normalized spacial score (nSPS) is 14.1. The quantitative estimate of drug-likeness (QED) is 0.465. The van der Waals surface area contributed by atoms with Gasteiger partial charge in [-0.25, -0.2) is 5.43 Å². The molecule has 0 radical (unpaired) electrons. The first kappa shape index (κ1) is 14.8. The second-order valence-electron chi connectivity index (χ2n) is 4.81. The van der Waals surface area contributed by atoms with Gasteiger partial charge >= 0.3 is 0 Å². The molecule has 1 aliphatic heterocycles. The first-order valence-electron chi connectivity index (χ1n) is 6.80. The Labute approximate surface area is 123 Å². The fourth-order valence-electron chi connectivity index (χ4n) is 2.02. The molecule has 5 N–H and O–H groups in total. The molecule has 0 aromatic heterocycles. The third kappa shape index (κ3) is 4.20. The molecule has 2 rings (SSSR count). The predicted molar refractivity (Wildman–Crippen MR) is 81.9 cm³/mol. The van der Waals surface area contributed by atoms with Crippen LogP contribution in [0.4, 0.5) is 11.4 Å². The molecule has 2 amide bonds.